The molecule has 0 saturated heterocycles. The van der Waals surface area contributed by atoms with Gasteiger partial charge in [-0.05, 0) is 25.2 Å². The molecule has 5 nitrogen and oxygen atoms in total. The number of aryl methyl sites for hydroxylation is 1. The molecule has 0 bridgehead atoms. The Kier molecular flexibility index (Phi) is 3.12. The van der Waals surface area contributed by atoms with Crippen LogP contribution in [0, 0.1) is 18.8 Å². The quantitative estimate of drug-likeness (QED) is 0.898. The molecule has 1 N–H and O–H groups in total. The van der Waals surface area contributed by atoms with E-state index in [2.05, 4.69) is 34.3 Å². The zero-order valence-corrected chi connectivity index (χ0v) is 11.7. The maximum atomic E-state index is 5.19. The van der Waals surface area contributed by atoms with Crippen molar-refractivity contribution in [2.45, 2.75) is 46.1 Å². The van der Waals surface area contributed by atoms with Gasteiger partial charge in [0.15, 0.2) is 0 Å². The SMILES string of the molecule is Cc1noc2ncnc(NC3CCCC(C)C3C)c12. The molecule has 0 spiro atoms. The van der Waals surface area contributed by atoms with E-state index in [-0.39, 0.29) is 0 Å². The molecule has 0 aromatic carbocycles. The Morgan fingerprint density at radius 3 is 2.95 bits per heavy atom. The molecule has 1 aliphatic carbocycles. The molecule has 1 saturated carbocycles. The van der Waals surface area contributed by atoms with Crippen molar-refractivity contribution in [2.75, 3.05) is 5.32 Å². The predicted molar refractivity (Wildman–Crippen MR) is 73.9 cm³/mol. The van der Waals surface area contributed by atoms with Crippen molar-refractivity contribution in [1.82, 2.24) is 15.1 Å². The van der Waals surface area contributed by atoms with Crippen LogP contribution in [0.25, 0.3) is 11.1 Å². The fraction of sp³-hybridized carbons (Fsp3) is 0.643. The lowest BCUT2D eigenvalue weighted by atomic mass is 9.78. The van der Waals surface area contributed by atoms with Gasteiger partial charge >= 0.3 is 0 Å². The van der Waals surface area contributed by atoms with Crippen molar-refractivity contribution in [2.24, 2.45) is 11.8 Å². The molecular formula is C14H20N4O. The average molecular weight is 260 g/mol. The van der Waals surface area contributed by atoms with Crippen LogP contribution in [0.15, 0.2) is 10.9 Å². The summed E-state index contributed by atoms with van der Waals surface area (Å²) in [7, 11) is 0. The van der Waals surface area contributed by atoms with Gasteiger partial charge in [0.1, 0.15) is 17.5 Å². The van der Waals surface area contributed by atoms with Gasteiger partial charge < -0.3 is 9.84 Å². The molecule has 102 valence electrons. The highest BCUT2D eigenvalue weighted by Crippen LogP contribution is 2.32. The number of anilines is 1. The first-order valence-corrected chi connectivity index (χ1v) is 7.00. The number of aromatic nitrogens is 3. The van der Waals surface area contributed by atoms with Crippen LogP contribution in [0.5, 0.6) is 0 Å². The Hall–Kier alpha value is -1.65. The number of hydrogen-bond donors (Lipinski definition) is 1. The van der Waals surface area contributed by atoms with Gasteiger partial charge in [-0.1, -0.05) is 31.8 Å². The Morgan fingerprint density at radius 1 is 1.26 bits per heavy atom. The van der Waals surface area contributed by atoms with E-state index < -0.39 is 0 Å². The number of hydrogen-bond acceptors (Lipinski definition) is 5. The standard InChI is InChI=1S/C14H20N4O/c1-8-5-4-6-11(9(8)2)17-13-12-10(3)18-19-14(12)16-7-15-13/h7-9,11H,4-6H2,1-3H3,(H,15,16,17). The second-order valence-corrected chi connectivity index (χ2v) is 5.69. The van der Waals surface area contributed by atoms with E-state index in [9.17, 15) is 0 Å². The van der Waals surface area contributed by atoms with Crippen LogP contribution in [0.4, 0.5) is 5.82 Å². The van der Waals surface area contributed by atoms with Crippen molar-refractivity contribution in [3.8, 4) is 0 Å². The molecule has 2 aromatic rings. The van der Waals surface area contributed by atoms with E-state index in [0.717, 1.165) is 22.8 Å². The fourth-order valence-electron chi connectivity index (χ4n) is 2.99. The highest BCUT2D eigenvalue weighted by atomic mass is 16.5. The minimum atomic E-state index is 0.469. The van der Waals surface area contributed by atoms with Crippen molar-refractivity contribution >= 4 is 16.9 Å². The van der Waals surface area contributed by atoms with E-state index in [4.69, 9.17) is 4.52 Å². The normalized spacial score (nSPS) is 27.6. The Morgan fingerprint density at radius 2 is 2.11 bits per heavy atom. The van der Waals surface area contributed by atoms with Gasteiger partial charge in [0.2, 0.25) is 0 Å². The van der Waals surface area contributed by atoms with Crippen LogP contribution in [-0.4, -0.2) is 21.2 Å². The summed E-state index contributed by atoms with van der Waals surface area (Å²) in [6.07, 6.45) is 5.33. The fourth-order valence-corrected chi connectivity index (χ4v) is 2.99. The molecule has 1 aliphatic rings. The lowest BCUT2D eigenvalue weighted by Crippen LogP contribution is -2.35. The lowest BCUT2D eigenvalue weighted by Gasteiger charge is -2.34. The summed E-state index contributed by atoms with van der Waals surface area (Å²) in [6, 6.07) is 0.469. The largest absolute Gasteiger partial charge is 0.366 e. The van der Waals surface area contributed by atoms with E-state index in [0.29, 0.717) is 17.7 Å². The first kappa shape index (κ1) is 12.4. The molecule has 19 heavy (non-hydrogen) atoms. The average Bonchev–Trinajstić information content (AvgIpc) is 2.78. The molecule has 0 aliphatic heterocycles. The number of rotatable bonds is 2. The first-order chi connectivity index (χ1) is 9.16. The maximum Gasteiger partial charge on any atom is 0.263 e. The summed E-state index contributed by atoms with van der Waals surface area (Å²) in [6.45, 7) is 6.58. The van der Waals surface area contributed by atoms with Gasteiger partial charge in [-0.25, -0.2) is 4.98 Å². The van der Waals surface area contributed by atoms with Crippen LogP contribution in [0.2, 0.25) is 0 Å². The topological polar surface area (TPSA) is 63.8 Å². The zero-order valence-electron chi connectivity index (χ0n) is 11.7. The lowest BCUT2D eigenvalue weighted by molar-refractivity contribution is 0.253. The molecule has 1 fully saturated rings. The van der Waals surface area contributed by atoms with Gasteiger partial charge in [0.05, 0.1) is 5.69 Å². The van der Waals surface area contributed by atoms with E-state index in [1.54, 1.807) is 0 Å². The summed E-state index contributed by atoms with van der Waals surface area (Å²) < 4.78 is 5.19. The van der Waals surface area contributed by atoms with E-state index in [1.165, 1.54) is 25.6 Å². The van der Waals surface area contributed by atoms with Gasteiger partial charge in [-0.2, -0.15) is 4.98 Å². The van der Waals surface area contributed by atoms with Crippen LogP contribution in [0.3, 0.4) is 0 Å². The highest BCUT2D eigenvalue weighted by molar-refractivity contribution is 5.87. The molecule has 3 rings (SSSR count). The van der Waals surface area contributed by atoms with Gasteiger partial charge in [0.25, 0.3) is 5.71 Å². The summed E-state index contributed by atoms with van der Waals surface area (Å²) in [5, 5.41) is 8.46. The van der Waals surface area contributed by atoms with E-state index in [1.807, 2.05) is 6.92 Å². The van der Waals surface area contributed by atoms with Gasteiger partial charge in [0, 0.05) is 6.04 Å². The van der Waals surface area contributed by atoms with Crippen molar-refractivity contribution < 1.29 is 4.52 Å². The van der Waals surface area contributed by atoms with Gasteiger partial charge in [-0.3, -0.25) is 0 Å². The predicted octanol–water partition coefficient (Wildman–Crippen LogP) is 3.16. The van der Waals surface area contributed by atoms with Crippen molar-refractivity contribution in [1.29, 1.82) is 0 Å². The number of nitrogens with zero attached hydrogens (tertiary/aromatic N) is 3. The summed E-state index contributed by atoms with van der Waals surface area (Å²) in [5.41, 5.74) is 1.40. The summed E-state index contributed by atoms with van der Waals surface area (Å²) in [4.78, 5) is 8.48. The molecule has 3 atom stereocenters. The summed E-state index contributed by atoms with van der Waals surface area (Å²) >= 11 is 0. The van der Waals surface area contributed by atoms with Crippen LogP contribution >= 0.6 is 0 Å². The van der Waals surface area contributed by atoms with Crippen LogP contribution in [0.1, 0.15) is 38.8 Å². The van der Waals surface area contributed by atoms with E-state index >= 15 is 0 Å². The third kappa shape index (κ3) is 2.17. The molecule has 5 heteroatoms. The van der Waals surface area contributed by atoms with Crippen molar-refractivity contribution in [3.05, 3.63) is 12.0 Å². The zero-order chi connectivity index (χ0) is 13.4. The molecule has 2 heterocycles. The number of fused-ring (bicyclic) bond motifs is 1. The highest BCUT2D eigenvalue weighted by Gasteiger charge is 2.28. The van der Waals surface area contributed by atoms with Crippen molar-refractivity contribution in [3.63, 3.8) is 0 Å². The number of nitrogens with one attached hydrogen (secondary N) is 1. The monoisotopic (exact) mass is 260 g/mol. The molecule has 0 amide bonds. The third-order valence-electron chi connectivity index (χ3n) is 4.47. The Balaban J connectivity index is 1.90. The first-order valence-electron chi connectivity index (χ1n) is 7.00. The van der Waals surface area contributed by atoms with Gasteiger partial charge in [-0.15, -0.1) is 0 Å². The molecule has 3 unspecified atom stereocenters. The Labute approximate surface area is 112 Å². The smallest absolute Gasteiger partial charge is 0.263 e. The minimum Gasteiger partial charge on any atom is -0.366 e. The molecule has 0 radical (unpaired) electrons. The summed E-state index contributed by atoms with van der Waals surface area (Å²) in [5.74, 6) is 2.26. The maximum absolute atomic E-state index is 5.19. The Bertz CT molecular complexity index is 580. The molecular weight excluding hydrogens is 240 g/mol. The second-order valence-electron chi connectivity index (χ2n) is 5.69. The second kappa shape index (κ2) is 4.79. The minimum absolute atomic E-state index is 0.469. The third-order valence-corrected chi connectivity index (χ3v) is 4.47. The molecule has 2 aromatic heterocycles. The van der Waals surface area contributed by atoms with Crippen LogP contribution in [-0.2, 0) is 0 Å². The van der Waals surface area contributed by atoms with Crippen LogP contribution < -0.4 is 5.32 Å².